The Kier molecular flexibility index (Phi) is 5.62. The zero-order valence-corrected chi connectivity index (χ0v) is 19.8. The summed E-state index contributed by atoms with van der Waals surface area (Å²) in [5, 5.41) is 1.04. The first kappa shape index (κ1) is 21.7. The number of anilines is 1. The second kappa shape index (κ2) is 9.07. The van der Waals surface area contributed by atoms with Crippen molar-refractivity contribution in [1.82, 2.24) is 19.9 Å². The molecule has 1 fully saturated rings. The van der Waals surface area contributed by atoms with Gasteiger partial charge in [0.05, 0.1) is 18.7 Å². The number of rotatable bonds is 3. The van der Waals surface area contributed by atoms with Gasteiger partial charge in [-0.05, 0) is 65.9 Å². The van der Waals surface area contributed by atoms with Crippen molar-refractivity contribution >= 4 is 22.6 Å². The van der Waals surface area contributed by atoms with Gasteiger partial charge in [-0.25, -0.2) is 9.97 Å². The van der Waals surface area contributed by atoms with Gasteiger partial charge >= 0.3 is 0 Å². The Morgan fingerprint density at radius 1 is 0.971 bits per heavy atom. The summed E-state index contributed by atoms with van der Waals surface area (Å²) < 4.78 is 5.40. The molecule has 7 nitrogen and oxygen atoms in total. The van der Waals surface area contributed by atoms with Gasteiger partial charge in [-0.15, -0.1) is 0 Å². The van der Waals surface area contributed by atoms with Crippen LogP contribution >= 0.6 is 0 Å². The second-order valence-corrected chi connectivity index (χ2v) is 9.19. The van der Waals surface area contributed by atoms with Crippen molar-refractivity contribution in [1.29, 1.82) is 0 Å². The lowest BCUT2D eigenvalue weighted by atomic mass is 9.96. The standard InChI is InChI=1S/C28H27N5O2/c1-19-13-23(22-3-2-7-29-16-22)15-25-26(19)30-18-31-27(25)33-8-6-20-4-5-21(14-24(20)17-33)28(34)32-9-11-35-12-10-32/h2-5,7,13-16,18H,6,8-12,17H2,1H3. The van der Waals surface area contributed by atoms with E-state index in [0.29, 0.717) is 32.8 Å². The maximum absolute atomic E-state index is 13.1. The predicted molar refractivity (Wildman–Crippen MR) is 135 cm³/mol. The van der Waals surface area contributed by atoms with Gasteiger partial charge in [0.25, 0.3) is 5.91 Å². The zero-order valence-electron chi connectivity index (χ0n) is 19.8. The molecule has 0 radical (unpaired) electrons. The number of carbonyl (C=O) groups is 1. The molecule has 4 aromatic rings. The lowest BCUT2D eigenvalue weighted by Crippen LogP contribution is -2.40. The summed E-state index contributed by atoms with van der Waals surface area (Å²) in [6, 6.07) is 14.5. The van der Waals surface area contributed by atoms with Crippen LogP contribution in [0.3, 0.4) is 0 Å². The molecule has 7 heteroatoms. The number of nitrogens with zero attached hydrogens (tertiary/aromatic N) is 5. The fourth-order valence-electron chi connectivity index (χ4n) is 5.10. The Morgan fingerprint density at radius 2 is 1.86 bits per heavy atom. The molecule has 0 spiro atoms. The van der Waals surface area contributed by atoms with Crippen molar-refractivity contribution in [3.05, 3.63) is 83.4 Å². The molecule has 0 unspecified atom stereocenters. The first-order valence-electron chi connectivity index (χ1n) is 12.1. The van der Waals surface area contributed by atoms with E-state index in [1.165, 1.54) is 11.1 Å². The van der Waals surface area contributed by atoms with Gasteiger partial charge in [0, 0.05) is 55.1 Å². The maximum Gasteiger partial charge on any atom is 0.254 e. The Labute approximate surface area is 204 Å². The van der Waals surface area contributed by atoms with Crippen molar-refractivity contribution in [3.8, 4) is 11.1 Å². The van der Waals surface area contributed by atoms with E-state index in [1.54, 1.807) is 12.5 Å². The highest BCUT2D eigenvalue weighted by Gasteiger charge is 2.24. The summed E-state index contributed by atoms with van der Waals surface area (Å²) in [7, 11) is 0. The Hall–Kier alpha value is -3.84. The maximum atomic E-state index is 13.1. The highest BCUT2D eigenvalue weighted by Crippen LogP contribution is 2.33. The van der Waals surface area contributed by atoms with Crippen LogP contribution in [0.4, 0.5) is 5.82 Å². The Bertz CT molecular complexity index is 1400. The lowest BCUT2D eigenvalue weighted by Gasteiger charge is -2.31. The van der Waals surface area contributed by atoms with E-state index in [2.05, 4.69) is 52.1 Å². The number of fused-ring (bicyclic) bond motifs is 2. The summed E-state index contributed by atoms with van der Waals surface area (Å²) in [4.78, 5) is 30.8. The molecule has 0 bridgehead atoms. The molecule has 1 saturated heterocycles. The number of benzene rings is 2. The molecule has 4 heterocycles. The molecule has 2 aromatic heterocycles. The zero-order chi connectivity index (χ0) is 23.8. The van der Waals surface area contributed by atoms with Gasteiger partial charge in [-0.3, -0.25) is 9.78 Å². The van der Waals surface area contributed by atoms with Gasteiger partial charge in [0.2, 0.25) is 0 Å². The quantitative estimate of drug-likeness (QED) is 0.455. The summed E-state index contributed by atoms with van der Waals surface area (Å²) >= 11 is 0. The van der Waals surface area contributed by atoms with Crippen LogP contribution in [-0.2, 0) is 17.7 Å². The molecule has 2 aliphatic rings. The molecule has 1 amide bonds. The number of aromatic nitrogens is 3. The fraction of sp³-hybridized carbons (Fsp3) is 0.286. The van der Waals surface area contributed by atoms with Crippen molar-refractivity contribution in [2.45, 2.75) is 19.9 Å². The van der Waals surface area contributed by atoms with Crippen LogP contribution in [0, 0.1) is 6.92 Å². The predicted octanol–water partition coefficient (Wildman–Crippen LogP) is 4.04. The van der Waals surface area contributed by atoms with Gasteiger partial charge in [0.15, 0.2) is 0 Å². The number of morpholine rings is 1. The van der Waals surface area contributed by atoms with E-state index in [1.807, 2.05) is 23.2 Å². The SMILES string of the molecule is Cc1cc(-c2cccnc2)cc2c(N3CCc4ccc(C(=O)N5CCOCC5)cc4C3)ncnc12. The van der Waals surface area contributed by atoms with E-state index in [4.69, 9.17) is 9.72 Å². The third kappa shape index (κ3) is 4.12. The molecule has 6 rings (SSSR count). The van der Waals surface area contributed by atoms with Crippen LogP contribution < -0.4 is 4.90 Å². The average Bonchev–Trinajstić information content (AvgIpc) is 2.92. The third-order valence-electron chi connectivity index (χ3n) is 6.97. The van der Waals surface area contributed by atoms with E-state index in [9.17, 15) is 4.79 Å². The van der Waals surface area contributed by atoms with Crippen LogP contribution in [0.1, 0.15) is 27.0 Å². The van der Waals surface area contributed by atoms with E-state index in [-0.39, 0.29) is 5.91 Å². The number of ether oxygens (including phenoxy) is 1. The summed E-state index contributed by atoms with van der Waals surface area (Å²) in [6.07, 6.45) is 6.24. The molecule has 176 valence electrons. The summed E-state index contributed by atoms with van der Waals surface area (Å²) in [5.41, 5.74) is 7.48. The Balaban J connectivity index is 1.35. The molecular weight excluding hydrogens is 438 g/mol. The van der Waals surface area contributed by atoms with Gasteiger partial charge in [-0.2, -0.15) is 0 Å². The Morgan fingerprint density at radius 3 is 2.69 bits per heavy atom. The first-order valence-corrected chi connectivity index (χ1v) is 12.1. The monoisotopic (exact) mass is 465 g/mol. The van der Waals surface area contributed by atoms with Crippen molar-refractivity contribution in [2.24, 2.45) is 0 Å². The van der Waals surface area contributed by atoms with Crippen LogP contribution in [0.25, 0.3) is 22.0 Å². The molecular formula is C28H27N5O2. The van der Waals surface area contributed by atoms with Gasteiger partial charge in [0.1, 0.15) is 12.1 Å². The largest absolute Gasteiger partial charge is 0.378 e. The molecule has 35 heavy (non-hydrogen) atoms. The van der Waals surface area contributed by atoms with Gasteiger partial charge < -0.3 is 14.5 Å². The number of aryl methyl sites for hydroxylation is 1. The van der Waals surface area contributed by atoms with E-state index >= 15 is 0 Å². The minimum absolute atomic E-state index is 0.0810. The topological polar surface area (TPSA) is 71.5 Å². The number of hydrogen-bond acceptors (Lipinski definition) is 6. The molecule has 2 aliphatic heterocycles. The highest BCUT2D eigenvalue weighted by atomic mass is 16.5. The van der Waals surface area contributed by atoms with Crippen LogP contribution in [0.15, 0.2) is 61.2 Å². The molecule has 0 N–H and O–H groups in total. The van der Waals surface area contributed by atoms with Crippen LogP contribution in [0.5, 0.6) is 0 Å². The molecule has 2 aromatic carbocycles. The summed E-state index contributed by atoms with van der Waals surface area (Å²) in [6.45, 7) is 6.17. The third-order valence-corrected chi connectivity index (χ3v) is 6.97. The van der Waals surface area contributed by atoms with Crippen molar-refractivity contribution < 1.29 is 9.53 Å². The minimum Gasteiger partial charge on any atom is -0.378 e. The van der Waals surface area contributed by atoms with Crippen LogP contribution in [0.2, 0.25) is 0 Å². The number of amides is 1. The molecule has 0 atom stereocenters. The minimum atomic E-state index is 0.0810. The highest BCUT2D eigenvalue weighted by molar-refractivity contribution is 5.96. The number of carbonyl (C=O) groups excluding carboxylic acids is 1. The average molecular weight is 466 g/mol. The summed E-state index contributed by atoms with van der Waals surface area (Å²) in [5.74, 6) is 1.01. The van der Waals surface area contributed by atoms with Crippen molar-refractivity contribution in [3.63, 3.8) is 0 Å². The van der Waals surface area contributed by atoms with E-state index < -0.39 is 0 Å². The number of hydrogen-bond donors (Lipinski definition) is 0. The fourth-order valence-corrected chi connectivity index (χ4v) is 5.10. The second-order valence-electron chi connectivity index (χ2n) is 9.19. The van der Waals surface area contributed by atoms with E-state index in [0.717, 1.165) is 51.9 Å². The lowest BCUT2D eigenvalue weighted by molar-refractivity contribution is 0.0303. The molecule has 0 saturated carbocycles. The van der Waals surface area contributed by atoms with Crippen LogP contribution in [-0.4, -0.2) is 58.6 Å². The number of pyridine rings is 1. The smallest absolute Gasteiger partial charge is 0.254 e. The molecule has 0 aliphatic carbocycles. The van der Waals surface area contributed by atoms with Gasteiger partial charge in [-0.1, -0.05) is 12.1 Å². The van der Waals surface area contributed by atoms with Crippen molar-refractivity contribution in [2.75, 3.05) is 37.7 Å². The first-order chi connectivity index (χ1) is 17.2. The normalized spacial score (nSPS) is 15.8.